The van der Waals surface area contributed by atoms with Crippen molar-refractivity contribution in [1.82, 2.24) is 10.2 Å². The quantitative estimate of drug-likeness (QED) is 0.161. The molecule has 4 aromatic rings. The number of sulfonamides is 1. The largest absolute Gasteiger partial charge is 0.352 e. The number of benzene rings is 4. The zero-order valence-electron chi connectivity index (χ0n) is 27.0. The fourth-order valence-electron chi connectivity index (χ4n) is 5.07. The lowest BCUT2D eigenvalue weighted by Crippen LogP contribution is -2.54. The first-order valence-corrected chi connectivity index (χ1v) is 17.7. The molecule has 0 heterocycles. The topological polar surface area (TPSA) is 86.8 Å². The predicted molar refractivity (Wildman–Crippen MR) is 188 cm³/mol. The molecule has 0 aromatic heterocycles. The Balaban J connectivity index is 1.83. The molecule has 0 bridgehead atoms. The van der Waals surface area contributed by atoms with Gasteiger partial charge in [0.25, 0.3) is 10.0 Å². The van der Waals surface area contributed by atoms with Gasteiger partial charge in [0.2, 0.25) is 11.8 Å². The van der Waals surface area contributed by atoms with E-state index in [2.05, 4.69) is 21.2 Å². The summed E-state index contributed by atoms with van der Waals surface area (Å²) >= 11 is 3.52. The molecule has 0 radical (unpaired) electrons. The normalized spacial score (nSPS) is 12.7. The number of carbonyl (C=O) groups excluding carboxylic acids is 2. The minimum atomic E-state index is -4.16. The van der Waals surface area contributed by atoms with E-state index in [4.69, 9.17) is 0 Å². The molecule has 0 saturated carbocycles. The summed E-state index contributed by atoms with van der Waals surface area (Å²) in [5.74, 6) is -0.783. The zero-order chi connectivity index (χ0) is 33.4. The van der Waals surface area contributed by atoms with Gasteiger partial charge in [-0.15, -0.1) is 0 Å². The molecule has 7 nitrogen and oxygen atoms in total. The van der Waals surface area contributed by atoms with Crippen LogP contribution in [-0.4, -0.2) is 43.8 Å². The summed E-state index contributed by atoms with van der Waals surface area (Å²) in [6.45, 7) is 9.27. The monoisotopic (exact) mass is 703 g/mol. The van der Waals surface area contributed by atoms with Gasteiger partial charge in [0.05, 0.1) is 10.6 Å². The Hall–Kier alpha value is -3.95. The minimum absolute atomic E-state index is 0.0815. The van der Waals surface area contributed by atoms with Crippen LogP contribution in [0.25, 0.3) is 0 Å². The van der Waals surface area contributed by atoms with Crippen molar-refractivity contribution in [2.24, 2.45) is 0 Å². The van der Waals surface area contributed by atoms with Crippen molar-refractivity contribution >= 4 is 43.5 Å². The number of aryl methyl sites for hydroxylation is 3. The van der Waals surface area contributed by atoms with Crippen molar-refractivity contribution in [1.29, 1.82) is 0 Å². The average molecular weight is 705 g/mol. The Morgan fingerprint density at radius 3 is 2.13 bits per heavy atom. The van der Waals surface area contributed by atoms with Crippen LogP contribution in [0.1, 0.15) is 48.1 Å². The van der Waals surface area contributed by atoms with Gasteiger partial charge >= 0.3 is 0 Å². The molecular weight excluding hydrogens is 662 g/mol. The number of rotatable bonds is 13. The summed E-state index contributed by atoms with van der Waals surface area (Å²) in [5.41, 5.74) is 4.89. The van der Waals surface area contributed by atoms with Crippen LogP contribution in [0.4, 0.5) is 5.69 Å². The molecule has 0 aliphatic rings. The maximum absolute atomic E-state index is 14.6. The molecule has 0 fully saturated rings. The van der Waals surface area contributed by atoms with Gasteiger partial charge in [-0.2, -0.15) is 0 Å². The molecule has 2 amide bonds. The second-order valence-electron chi connectivity index (χ2n) is 11.8. The van der Waals surface area contributed by atoms with Crippen LogP contribution in [0.3, 0.4) is 0 Å². The Kier molecular flexibility index (Phi) is 11.8. The summed E-state index contributed by atoms with van der Waals surface area (Å²) in [5, 5.41) is 3.07. The standard InChI is InChI=1S/C37H42BrN3O4S/c1-6-29(5)39-37(43)35(23-30-11-8-7-9-12-30)40(24-31-13-10-14-32(38)22-31)36(42)25-41(33-18-17-27(3)28(4)21-33)46(44,45)34-19-15-26(2)16-20-34/h7-22,29,35H,6,23-25H2,1-5H3,(H,39,43)/t29-,35+/m1/s1. The van der Waals surface area contributed by atoms with E-state index in [9.17, 15) is 18.0 Å². The van der Waals surface area contributed by atoms with E-state index in [0.29, 0.717) is 5.69 Å². The van der Waals surface area contributed by atoms with Crippen molar-refractivity contribution in [3.05, 3.63) is 129 Å². The Morgan fingerprint density at radius 2 is 1.50 bits per heavy atom. The van der Waals surface area contributed by atoms with Crippen LogP contribution < -0.4 is 9.62 Å². The van der Waals surface area contributed by atoms with Gasteiger partial charge in [-0.05, 0) is 92.8 Å². The first-order chi connectivity index (χ1) is 21.9. The summed E-state index contributed by atoms with van der Waals surface area (Å²) in [7, 11) is -4.16. The Bertz CT molecular complexity index is 1760. The smallest absolute Gasteiger partial charge is 0.264 e. The van der Waals surface area contributed by atoms with Crippen LogP contribution in [0, 0.1) is 20.8 Å². The number of hydrogen-bond donors (Lipinski definition) is 1. The van der Waals surface area contributed by atoms with E-state index in [1.807, 2.05) is 95.3 Å². The lowest BCUT2D eigenvalue weighted by atomic mass is 10.0. The molecule has 0 saturated heterocycles. The van der Waals surface area contributed by atoms with Gasteiger partial charge in [-0.25, -0.2) is 8.42 Å². The van der Waals surface area contributed by atoms with Crippen LogP contribution in [0.15, 0.2) is 106 Å². The van der Waals surface area contributed by atoms with Crippen molar-refractivity contribution in [2.45, 2.75) is 71.0 Å². The third kappa shape index (κ3) is 8.85. The number of anilines is 1. The molecule has 4 aromatic carbocycles. The molecule has 0 spiro atoms. The first-order valence-electron chi connectivity index (χ1n) is 15.4. The van der Waals surface area contributed by atoms with Crippen LogP contribution in [-0.2, 0) is 32.6 Å². The second kappa shape index (κ2) is 15.6. The van der Waals surface area contributed by atoms with E-state index in [1.54, 1.807) is 36.4 Å². The Morgan fingerprint density at radius 1 is 0.826 bits per heavy atom. The van der Waals surface area contributed by atoms with Gasteiger partial charge in [0.15, 0.2) is 0 Å². The summed E-state index contributed by atoms with van der Waals surface area (Å²) in [4.78, 5) is 30.2. The second-order valence-corrected chi connectivity index (χ2v) is 14.5. The van der Waals surface area contributed by atoms with Crippen LogP contribution in [0.2, 0.25) is 0 Å². The van der Waals surface area contributed by atoms with Crippen LogP contribution >= 0.6 is 15.9 Å². The van der Waals surface area contributed by atoms with Crippen molar-refractivity contribution in [2.75, 3.05) is 10.8 Å². The maximum atomic E-state index is 14.6. The van der Waals surface area contributed by atoms with E-state index in [0.717, 1.165) is 43.0 Å². The molecule has 242 valence electrons. The van der Waals surface area contributed by atoms with Gasteiger partial charge in [0, 0.05) is 23.5 Å². The van der Waals surface area contributed by atoms with Crippen molar-refractivity contribution in [3.63, 3.8) is 0 Å². The minimum Gasteiger partial charge on any atom is -0.352 e. The van der Waals surface area contributed by atoms with E-state index in [1.165, 1.54) is 4.90 Å². The highest BCUT2D eigenvalue weighted by atomic mass is 79.9. The van der Waals surface area contributed by atoms with Crippen molar-refractivity contribution in [3.8, 4) is 0 Å². The Labute approximate surface area is 281 Å². The molecule has 0 aliphatic heterocycles. The molecule has 2 atom stereocenters. The van der Waals surface area contributed by atoms with Gasteiger partial charge in [0.1, 0.15) is 12.6 Å². The molecule has 4 rings (SSSR count). The SMILES string of the molecule is CC[C@@H](C)NC(=O)[C@H](Cc1ccccc1)N(Cc1cccc(Br)c1)C(=O)CN(c1ccc(C)c(C)c1)S(=O)(=O)c1ccc(C)cc1. The third-order valence-electron chi connectivity index (χ3n) is 8.18. The summed E-state index contributed by atoms with van der Waals surface area (Å²) in [6, 6.07) is 28.0. The number of halogens is 1. The van der Waals surface area contributed by atoms with E-state index in [-0.39, 0.29) is 29.8 Å². The first kappa shape index (κ1) is 34.9. The number of nitrogens with zero attached hydrogens (tertiary/aromatic N) is 2. The van der Waals surface area contributed by atoms with E-state index >= 15 is 0 Å². The van der Waals surface area contributed by atoms with Crippen molar-refractivity contribution < 1.29 is 18.0 Å². The lowest BCUT2D eigenvalue weighted by Gasteiger charge is -2.34. The fourth-order valence-corrected chi connectivity index (χ4v) is 6.93. The summed E-state index contributed by atoms with van der Waals surface area (Å²) < 4.78 is 30.5. The lowest BCUT2D eigenvalue weighted by molar-refractivity contribution is -0.140. The van der Waals surface area contributed by atoms with E-state index < -0.39 is 28.5 Å². The molecule has 46 heavy (non-hydrogen) atoms. The highest BCUT2D eigenvalue weighted by Gasteiger charge is 2.35. The molecule has 1 N–H and O–H groups in total. The number of carbonyl (C=O) groups is 2. The molecule has 0 aliphatic carbocycles. The molecule has 0 unspecified atom stereocenters. The highest BCUT2D eigenvalue weighted by Crippen LogP contribution is 2.27. The zero-order valence-corrected chi connectivity index (χ0v) is 29.4. The molecule has 9 heteroatoms. The maximum Gasteiger partial charge on any atom is 0.264 e. The van der Waals surface area contributed by atoms with Gasteiger partial charge < -0.3 is 10.2 Å². The summed E-state index contributed by atoms with van der Waals surface area (Å²) in [6.07, 6.45) is 0.982. The van der Waals surface area contributed by atoms with Gasteiger partial charge in [-0.1, -0.05) is 89.1 Å². The number of nitrogens with one attached hydrogen (secondary N) is 1. The molecular formula is C37H42BrN3O4S. The number of amides is 2. The highest BCUT2D eigenvalue weighted by molar-refractivity contribution is 9.10. The van der Waals surface area contributed by atoms with Crippen LogP contribution in [0.5, 0.6) is 0 Å². The average Bonchev–Trinajstić information content (AvgIpc) is 3.03. The number of hydrogen-bond acceptors (Lipinski definition) is 4. The fraction of sp³-hybridized carbons (Fsp3) is 0.297. The van der Waals surface area contributed by atoms with Gasteiger partial charge in [-0.3, -0.25) is 13.9 Å². The predicted octanol–water partition coefficient (Wildman–Crippen LogP) is 7.12. The third-order valence-corrected chi connectivity index (χ3v) is 10.5.